The molecule has 132 valence electrons. The van der Waals surface area contributed by atoms with Crippen LogP contribution in [0.4, 0.5) is 4.39 Å². The zero-order chi connectivity index (χ0) is 18.4. The first-order chi connectivity index (χ1) is 12.5. The molecule has 4 aromatic rings. The van der Waals surface area contributed by atoms with E-state index in [1.807, 2.05) is 0 Å². The zero-order valence-corrected chi connectivity index (χ0v) is 14.1. The Balaban J connectivity index is 2.00. The highest BCUT2D eigenvalue weighted by molar-refractivity contribution is 6.00. The number of carboxylic acids is 1. The maximum absolute atomic E-state index is 14.8. The summed E-state index contributed by atoms with van der Waals surface area (Å²) in [6.45, 7) is -0.313. The molecule has 0 aliphatic heterocycles. The summed E-state index contributed by atoms with van der Waals surface area (Å²) >= 11 is 0. The molecule has 0 fully saturated rings. The lowest BCUT2D eigenvalue weighted by atomic mass is 9.99. The number of halogens is 1. The van der Waals surface area contributed by atoms with Crippen molar-refractivity contribution in [3.8, 4) is 16.9 Å². The first kappa shape index (κ1) is 16.1. The summed E-state index contributed by atoms with van der Waals surface area (Å²) in [5.41, 5.74) is 2.31. The number of rotatable bonds is 4. The molecule has 0 bridgehead atoms. The number of nitrogens with zero attached hydrogens (tertiary/aromatic N) is 4. The summed E-state index contributed by atoms with van der Waals surface area (Å²) in [5, 5.41) is 18.7. The van der Waals surface area contributed by atoms with Crippen molar-refractivity contribution >= 4 is 27.8 Å². The SMILES string of the molecule is COc1ccc(-c2cc3c(cnn3C)cc2F)c2cnn(CC(=O)O)c12. The number of methoxy groups -OCH3 is 1. The van der Waals surface area contributed by atoms with Crippen LogP contribution >= 0.6 is 0 Å². The monoisotopic (exact) mass is 354 g/mol. The number of carbonyl (C=O) groups is 1. The van der Waals surface area contributed by atoms with Crippen LogP contribution in [0.15, 0.2) is 36.7 Å². The first-order valence-electron chi connectivity index (χ1n) is 7.85. The minimum Gasteiger partial charge on any atom is -0.494 e. The summed E-state index contributed by atoms with van der Waals surface area (Å²) in [5.74, 6) is -0.933. The van der Waals surface area contributed by atoms with Gasteiger partial charge in [0.25, 0.3) is 0 Å². The Hall–Kier alpha value is -3.42. The van der Waals surface area contributed by atoms with E-state index >= 15 is 0 Å². The zero-order valence-electron chi connectivity index (χ0n) is 14.1. The highest BCUT2D eigenvalue weighted by atomic mass is 19.1. The number of aryl methyl sites for hydroxylation is 1. The summed E-state index contributed by atoms with van der Waals surface area (Å²) < 4.78 is 23.1. The van der Waals surface area contributed by atoms with Gasteiger partial charge in [0.1, 0.15) is 23.6 Å². The van der Waals surface area contributed by atoms with Gasteiger partial charge in [-0.1, -0.05) is 0 Å². The van der Waals surface area contributed by atoms with E-state index in [2.05, 4.69) is 10.2 Å². The maximum atomic E-state index is 14.8. The Morgan fingerprint density at radius 3 is 2.77 bits per heavy atom. The van der Waals surface area contributed by atoms with E-state index in [9.17, 15) is 9.18 Å². The van der Waals surface area contributed by atoms with Gasteiger partial charge >= 0.3 is 5.97 Å². The maximum Gasteiger partial charge on any atom is 0.325 e. The predicted octanol–water partition coefficient (Wildman–Crippen LogP) is 2.82. The predicted molar refractivity (Wildman–Crippen MR) is 93.6 cm³/mol. The van der Waals surface area contributed by atoms with Crippen molar-refractivity contribution in [2.75, 3.05) is 7.11 Å². The number of hydrogen-bond donors (Lipinski definition) is 1. The molecule has 0 spiro atoms. The number of benzene rings is 2. The molecule has 8 heteroatoms. The Labute approximate surface area is 147 Å². The minimum atomic E-state index is -1.02. The normalized spacial score (nSPS) is 11.3. The van der Waals surface area contributed by atoms with Crippen LogP contribution in [0.25, 0.3) is 32.9 Å². The number of aromatic nitrogens is 4. The van der Waals surface area contributed by atoms with Gasteiger partial charge in [0.15, 0.2) is 0 Å². The quantitative estimate of drug-likeness (QED) is 0.609. The van der Waals surface area contributed by atoms with Crippen LogP contribution in [0.3, 0.4) is 0 Å². The van der Waals surface area contributed by atoms with Gasteiger partial charge in [0.2, 0.25) is 0 Å². The minimum absolute atomic E-state index is 0.313. The van der Waals surface area contributed by atoms with Crippen molar-refractivity contribution in [2.24, 2.45) is 7.05 Å². The van der Waals surface area contributed by atoms with E-state index in [0.717, 1.165) is 5.52 Å². The number of ether oxygens (including phenoxy) is 1. The Bertz CT molecular complexity index is 1160. The topological polar surface area (TPSA) is 82.2 Å². The van der Waals surface area contributed by atoms with E-state index in [1.165, 1.54) is 24.1 Å². The molecule has 2 aromatic carbocycles. The van der Waals surface area contributed by atoms with Gasteiger partial charge in [-0.25, -0.2) is 9.07 Å². The Morgan fingerprint density at radius 2 is 2.04 bits per heavy atom. The molecule has 4 rings (SSSR count). The van der Waals surface area contributed by atoms with Crippen LogP contribution in [-0.4, -0.2) is 37.7 Å². The lowest BCUT2D eigenvalue weighted by molar-refractivity contribution is -0.137. The molecule has 2 aromatic heterocycles. The second kappa shape index (κ2) is 5.83. The molecule has 0 aliphatic rings. The smallest absolute Gasteiger partial charge is 0.325 e. The molecule has 0 amide bonds. The highest BCUT2D eigenvalue weighted by Gasteiger charge is 2.18. The number of aliphatic carboxylic acids is 1. The van der Waals surface area contributed by atoms with E-state index in [4.69, 9.17) is 9.84 Å². The molecule has 0 saturated heterocycles. The van der Waals surface area contributed by atoms with Crippen LogP contribution in [0.5, 0.6) is 5.75 Å². The van der Waals surface area contributed by atoms with Crippen LogP contribution in [-0.2, 0) is 18.4 Å². The molecular weight excluding hydrogens is 339 g/mol. The Kier molecular flexibility index (Phi) is 3.61. The van der Waals surface area contributed by atoms with E-state index in [0.29, 0.717) is 33.2 Å². The summed E-state index contributed by atoms with van der Waals surface area (Å²) in [6.07, 6.45) is 3.14. The molecule has 0 unspecified atom stereocenters. The van der Waals surface area contributed by atoms with Gasteiger partial charge < -0.3 is 9.84 Å². The third-order valence-electron chi connectivity index (χ3n) is 4.39. The first-order valence-corrected chi connectivity index (χ1v) is 7.85. The van der Waals surface area contributed by atoms with Crippen LogP contribution in [0.2, 0.25) is 0 Å². The standard InChI is InChI=1S/C18H15FN4O3/c1-22-15-6-12(14(19)5-10(15)7-20-22)11-3-4-16(26-2)18-13(11)8-21-23(18)9-17(24)25/h3-8H,9H2,1-2H3,(H,24,25). The molecule has 0 atom stereocenters. The molecular formula is C18H15FN4O3. The Morgan fingerprint density at radius 1 is 1.23 bits per heavy atom. The van der Waals surface area contributed by atoms with Crippen LogP contribution in [0, 0.1) is 5.82 Å². The average Bonchev–Trinajstić information content (AvgIpc) is 3.18. The highest BCUT2D eigenvalue weighted by Crippen LogP contribution is 2.36. The molecule has 0 saturated carbocycles. The third-order valence-corrected chi connectivity index (χ3v) is 4.39. The van der Waals surface area contributed by atoms with Gasteiger partial charge in [-0.2, -0.15) is 10.2 Å². The van der Waals surface area contributed by atoms with Gasteiger partial charge in [0, 0.05) is 23.4 Å². The largest absolute Gasteiger partial charge is 0.494 e. The number of carboxylic acid groups (broad SMARTS) is 1. The van der Waals surface area contributed by atoms with Crippen molar-refractivity contribution in [1.82, 2.24) is 19.6 Å². The third kappa shape index (κ3) is 2.38. The fourth-order valence-electron chi connectivity index (χ4n) is 3.20. The lowest BCUT2D eigenvalue weighted by Crippen LogP contribution is -2.10. The fourth-order valence-corrected chi connectivity index (χ4v) is 3.20. The number of hydrogen-bond acceptors (Lipinski definition) is 4. The van der Waals surface area contributed by atoms with Crippen molar-refractivity contribution in [2.45, 2.75) is 6.54 Å². The van der Waals surface area contributed by atoms with Crippen LogP contribution < -0.4 is 4.74 Å². The van der Waals surface area contributed by atoms with E-state index in [1.54, 1.807) is 36.1 Å². The van der Waals surface area contributed by atoms with Crippen molar-refractivity contribution in [3.63, 3.8) is 0 Å². The molecule has 7 nitrogen and oxygen atoms in total. The van der Waals surface area contributed by atoms with E-state index < -0.39 is 5.97 Å². The number of fused-ring (bicyclic) bond motifs is 2. The van der Waals surface area contributed by atoms with Crippen molar-refractivity contribution in [3.05, 3.63) is 42.5 Å². The lowest BCUT2D eigenvalue weighted by Gasteiger charge is -2.10. The second-order valence-corrected chi connectivity index (χ2v) is 5.93. The van der Waals surface area contributed by atoms with Gasteiger partial charge in [-0.15, -0.1) is 0 Å². The molecule has 2 heterocycles. The summed E-state index contributed by atoms with van der Waals surface area (Å²) in [4.78, 5) is 11.1. The summed E-state index contributed by atoms with van der Waals surface area (Å²) in [7, 11) is 3.29. The summed E-state index contributed by atoms with van der Waals surface area (Å²) in [6, 6.07) is 6.60. The van der Waals surface area contributed by atoms with Gasteiger partial charge in [0.05, 0.1) is 25.0 Å². The van der Waals surface area contributed by atoms with E-state index in [-0.39, 0.29) is 12.4 Å². The molecule has 1 N–H and O–H groups in total. The van der Waals surface area contributed by atoms with Crippen LogP contribution in [0.1, 0.15) is 0 Å². The van der Waals surface area contributed by atoms with Gasteiger partial charge in [-0.3, -0.25) is 9.48 Å². The second-order valence-electron chi connectivity index (χ2n) is 5.93. The molecule has 0 aliphatic carbocycles. The molecule has 26 heavy (non-hydrogen) atoms. The average molecular weight is 354 g/mol. The van der Waals surface area contributed by atoms with Crippen molar-refractivity contribution < 1.29 is 19.0 Å². The fraction of sp³-hybridized carbons (Fsp3) is 0.167. The van der Waals surface area contributed by atoms with Gasteiger partial charge in [-0.05, 0) is 29.8 Å². The molecule has 0 radical (unpaired) electrons. The van der Waals surface area contributed by atoms with Crippen molar-refractivity contribution in [1.29, 1.82) is 0 Å².